The number of halogens is 2. The molecule has 52 valence electrons. The molecule has 0 atom stereocenters. The number of nitrogens with two attached hydrogens (primary N) is 2. The quantitative estimate of drug-likeness (QED) is 0.402. The van der Waals surface area contributed by atoms with Crippen LogP contribution in [0.2, 0.25) is 0 Å². The second kappa shape index (κ2) is 42.1. The van der Waals surface area contributed by atoms with E-state index < -0.39 is 6.03 Å². The fraction of sp³-hybridized carbons (Fsp3) is 0. The molecule has 0 spiro atoms. The molecule has 7 heteroatoms. The van der Waals surface area contributed by atoms with Crippen molar-refractivity contribution in [2.75, 3.05) is 0 Å². The van der Waals surface area contributed by atoms with Crippen LogP contribution in [0.15, 0.2) is 0 Å². The predicted molar refractivity (Wildman–Crippen MR) is 20.9 cm³/mol. The number of carbonyl (C=O) groups excluding carboxylic acids is 2. The Labute approximate surface area is 78.3 Å². The number of carbonyl (C=O) groups is 2. The summed E-state index contributed by atoms with van der Waals surface area (Å²) in [6.07, 6.45) is 0. The first-order valence-corrected chi connectivity index (χ1v) is 1.07. The van der Waals surface area contributed by atoms with Crippen LogP contribution < -0.4 is 36.3 Å². The third-order valence-electron chi connectivity index (χ3n) is 0. The molecule has 0 saturated heterocycles. The van der Waals surface area contributed by atoms with Crippen LogP contribution in [0.25, 0.3) is 0 Å². The summed E-state index contributed by atoms with van der Waals surface area (Å²) in [6, 6.07) is -0.833. The number of amides is 2. The molecule has 0 aliphatic rings. The number of hydrogen-bond acceptors (Lipinski definition) is 2. The maximum atomic E-state index is 9.00. The zero-order valence-electron chi connectivity index (χ0n) is 4.64. The van der Waals surface area contributed by atoms with E-state index in [-0.39, 0.29) is 44.3 Å². The Balaban J connectivity index is -0.00000000990. The molecule has 4 nitrogen and oxygen atoms in total. The van der Waals surface area contributed by atoms with Gasteiger partial charge in [0.1, 0.15) is 6.79 Å². The van der Waals surface area contributed by atoms with Crippen molar-refractivity contribution in [3.63, 3.8) is 0 Å². The van der Waals surface area contributed by atoms with Crippen molar-refractivity contribution in [2.45, 2.75) is 0 Å². The van der Waals surface area contributed by atoms with E-state index in [2.05, 4.69) is 11.5 Å². The van der Waals surface area contributed by atoms with Crippen LogP contribution >= 0.6 is 0 Å². The monoisotopic (exact) mass is 224 g/mol. The topological polar surface area (TPSA) is 86.2 Å². The van der Waals surface area contributed by atoms with Gasteiger partial charge in [-0.1, -0.05) is 0 Å². The van der Waals surface area contributed by atoms with Gasteiger partial charge in [0.05, 0.1) is 0 Å². The molecule has 0 aromatic rings. The molecule has 4 N–H and O–H groups in total. The van der Waals surface area contributed by atoms with Crippen molar-refractivity contribution in [1.82, 2.24) is 0 Å². The third-order valence-corrected chi connectivity index (χ3v) is 0. The summed E-state index contributed by atoms with van der Waals surface area (Å²) >= 11 is 0. The van der Waals surface area contributed by atoms with Gasteiger partial charge in [0, 0.05) is 0 Å². The maximum absolute atomic E-state index is 9.00. The molecule has 0 unspecified atom stereocenters. The Hall–Kier alpha value is 0.143. The summed E-state index contributed by atoms with van der Waals surface area (Å²) in [5.74, 6) is 0. The van der Waals surface area contributed by atoms with Crippen molar-refractivity contribution in [3.8, 4) is 0 Å². The predicted octanol–water partition coefficient (Wildman–Crippen LogP) is -7.16. The molecule has 0 aliphatic heterocycles. The first kappa shape index (κ1) is 35.3. The van der Waals surface area contributed by atoms with Gasteiger partial charge in [0.25, 0.3) is 0 Å². The van der Waals surface area contributed by atoms with Gasteiger partial charge in [-0.05, 0) is 0 Å². The van der Waals surface area contributed by atoms with Gasteiger partial charge in [0.15, 0.2) is 0 Å². The smallest absolute Gasteiger partial charge is 1.00 e. The zero-order valence-corrected chi connectivity index (χ0v) is 9.12. The fourth-order valence-electron chi connectivity index (χ4n) is 0. The molecule has 0 radical (unpaired) electrons. The normalized spacial score (nSPS) is 3.11. The molecule has 0 aromatic heterocycles. The molecule has 0 aromatic carbocycles. The molecular formula is C2H6Cl2N2O2Zn. The zero-order chi connectivity index (χ0) is 5.58. The molecule has 9 heavy (non-hydrogen) atoms. The SMILES string of the molecule is C=O.NC(N)=O.[Cl-].[Cl-].[Zn+2]. The van der Waals surface area contributed by atoms with E-state index in [0.717, 1.165) is 0 Å². The molecule has 0 aliphatic carbocycles. The average Bonchev–Trinajstić information content (AvgIpc) is 1.41. The Kier molecular flexibility index (Phi) is 165. The summed E-state index contributed by atoms with van der Waals surface area (Å²) in [7, 11) is 0. The Morgan fingerprint density at radius 2 is 1.11 bits per heavy atom. The van der Waals surface area contributed by atoms with Crippen LogP contribution in [0.1, 0.15) is 0 Å². The molecule has 0 saturated carbocycles. The van der Waals surface area contributed by atoms with Gasteiger partial charge in [-0.2, -0.15) is 0 Å². The largest absolute Gasteiger partial charge is 2.00 e. The molecule has 0 bridgehead atoms. The van der Waals surface area contributed by atoms with Crippen molar-refractivity contribution in [3.05, 3.63) is 0 Å². The van der Waals surface area contributed by atoms with Crippen molar-refractivity contribution in [2.24, 2.45) is 11.5 Å². The second-order valence-electron chi connectivity index (χ2n) is 0.402. The van der Waals surface area contributed by atoms with Crippen LogP contribution in [0, 0.1) is 0 Å². The Morgan fingerprint density at radius 1 is 1.11 bits per heavy atom. The summed E-state index contributed by atoms with van der Waals surface area (Å²) in [5, 5.41) is 0. The number of hydrogen-bond donors (Lipinski definition) is 2. The summed E-state index contributed by atoms with van der Waals surface area (Å²) in [4.78, 5) is 17.0. The Morgan fingerprint density at radius 3 is 1.11 bits per heavy atom. The first-order chi connectivity index (χ1) is 2.73. The van der Waals surface area contributed by atoms with E-state index in [1.807, 2.05) is 6.79 Å². The first-order valence-electron chi connectivity index (χ1n) is 1.07. The molecule has 0 rings (SSSR count). The summed E-state index contributed by atoms with van der Waals surface area (Å²) in [5.41, 5.74) is 8.50. The fourth-order valence-corrected chi connectivity index (χ4v) is 0. The van der Waals surface area contributed by atoms with Crippen LogP contribution in [0.5, 0.6) is 0 Å². The van der Waals surface area contributed by atoms with Crippen molar-refractivity contribution in [1.29, 1.82) is 0 Å². The van der Waals surface area contributed by atoms with E-state index in [9.17, 15) is 0 Å². The van der Waals surface area contributed by atoms with E-state index >= 15 is 0 Å². The number of primary amides is 2. The van der Waals surface area contributed by atoms with E-state index in [1.165, 1.54) is 0 Å². The molecule has 0 fully saturated rings. The van der Waals surface area contributed by atoms with Crippen LogP contribution in [0.4, 0.5) is 4.79 Å². The minimum atomic E-state index is -0.833. The Bertz CT molecular complexity index is 51.8. The molecular weight excluding hydrogens is 220 g/mol. The number of urea groups is 1. The number of rotatable bonds is 0. The molecule has 0 heterocycles. The summed E-state index contributed by atoms with van der Waals surface area (Å²) in [6.45, 7) is 2.00. The van der Waals surface area contributed by atoms with Gasteiger partial charge in [-0.15, -0.1) is 0 Å². The van der Waals surface area contributed by atoms with Crippen LogP contribution in [0.3, 0.4) is 0 Å². The average molecular weight is 226 g/mol. The summed E-state index contributed by atoms with van der Waals surface area (Å²) < 4.78 is 0. The van der Waals surface area contributed by atoms with Gasteiger partial charge < -0.3 is 41.1 Å². The second-order valence-corrected chi connectivity index (χ2v) is 0.402. The standard InChI is InChI=1S/CH4N2O.CH2O.2ClH.Zn/c2-1(3)4;1-2;;;/h(H4,2,3,4);1H2;2*1H;/q;;;;+2/p-2. The molecule has 2 amide bonds. The van der Waals surface area contributed by atoms with Crippen molar-refractivity contribution < 1.29 is 53.9 Å². The third kappa shape index (κ3) is 15000. The van der Waals surface area contributed by atoms with E-state index in [0.29, 0.717) is 0 Å². The van der Waals surface area contributed by atoms with Crippen molar-refractivity contribution >= 4 is 12.8 Å². The van der Waals surface area contributed by atoms with Crippen LogP contribution in [-0.4, -0.2) is 12.8 Å². The van der Waals surface area contributed by atoms with E-state index in [4.69, 9.17) is 9.59 Å². The van der Waals surface area contributed by atoms with Crippen LogP contribution in [-0.2, 0) is 24.3 Å². The van der Waals surface area contributed by atoms with Gasteiger partial charge >= 0.3 is 25.5 Å². The minimum Gasteiger partial charge on any atom is -1.00 e. The van der Waals surface area contributed by atoms with E-state index in [1.54, 1.807) is 0 Å². The van der Waals surface area contributed by atoms with Gasteiger partial charge in [-0.25, -0.2) is 4.79 Å². The minimum absolute atomic E-state index is 0. The van der Waals surface area contributed by atoms with Gasteiger partial charge in [-0.3, -0.25) is 0 Å². The maximum Gasteiger partial charge on any atom is 2.00 e. The van der Waals surface area contributed by atoms with Gasteiger partial charge in [0.2, 0.25) is 0 Å².